The Bertz CT molecular complexity index is 370. The predicted octanol–water partition coefficient (Wildman–Crippen LogP) is 2.01. The molecule has 0 fully saturated rings. The van der Waals surface area contributed by atoms with Gasteiger partial charge in [0.15, 0.2) is 11.5 Å². The highest BCUT2D eigenvalue weighted by molar-refractivity contribution is 8.00. The van der Waals surface area contributed by atoms with E-state index in [1.807, 2.05) is 19.1 Å². The number of rotatable bonds is 1. The zero-order valence-corrected chi connectivity index (χ0v) is 8.81. The average Bonchev–Trinajstić information content (AvgIpc) is 2.17. The van der Waals surface area contributed by atoms with Gasteiger partial charge >= 0.3 is 5.97 Å². The van der Waals surface area contributed by atoms with E-state index in [0.29, 0.717) is 17.3 Å². The van der Waals surface area contributed by atoms with Gasteiger partial charge in [-0.25, -0.2) is 0 Å². The zero-order valence-electron chi connectivity index (χ0n) is 7.99. The molecule has 1 aliphatic heterocycles. The largest absolute Gasteiger partial charge is 0.493 e. The van der Waals surface area contributed by atoms with Crippen molar-refractivity contribution in [2.75, 3.05) is 12.9 Å². The minimum absolute atomic E-state index is 0.218. The van der Waals surface area contributed by atoms with Crippen molar-refractivity contribution in [2.24, 2.45) is 0 Å². The predicted molar refractivity (Wildman–Crippen MR) is 54.1 cm³/mol. The number of thioether (sulfide) groups is 1. The van der Waals surface area contributed by atoms with Gasteiger partial charge in [0.25, 0.3) is 0 Å². The molecule has 0 bridgehead atoms. The number of benzene rings is 1. The molecule has 0 unspecified atom stereocenters. The van der Waals surface area contributed by atoms with Crippen molar-refractivity contribution in [3.63, 3.8) is 0 Å². The third-order valence-corrected chi connectivity index (χ3v) is 2.94. The van der Waals surface area contributed by atoms with Crippen molar-refractivity contribution in [2.45, 2.75) is 11.8 Å². The topological polar surface area (TPSA) is 35.5 Å². The molecule has 1 aromatic rings. The van der Waals surface area contributed by atoms with Crippen molar-refractivity contribution in [1.82, 2.24) is 0 Å². The summed E-state index contributed by atoms with van der Waals surface area (Å²) < 4.78 is 10.3. The van der Waals surface area contributed by atoms with Gasteiger partial charge in [0, 0.05) is 0 Å². The molecule has 0 aliphatic carbocycles. The molecule has 0 atom stereocenters. The minimum atomic E-state index is -0.218. The summed E-state index contributed by atoms with van der Waals surface area (Å²) in [4.78, 5) is 12.1. The van der Waals surface area contributed by atoms with E-state index in [0.717, 1.165) is 10.5 Å². The van der Waals surface area contributed by atoms with E-state index >= 15 is 0 Å². The van der Waals surface area contributed by atoms with Gasteiger partial charge in [-0.1, -0.05) is 0 Å². The molecule has 1 aliphatic rings. The first-order valence-corrected chi connectivity index (χ1v) is 5.21. The second kappa shape index (κ2) is 3.53. The normalized spacial score (nSPS) is 14.6. The van der Waals surface area contributed by atoms with E-state index in [2.05, 4.69) is 0 Å². The van der Waals surface area contributed by atoms with Crippen LogP contribution in [0, 0.1) is 6.92 Å². The first-order valence-electron chi connectivity index (χ1n) is 4.23. The van der Waals surface area contributed by atoms with Gasteiger partial charge in [-0.05, 0) is 24.6 Å². The van der Waals surface area contributed by atoms with Gasteiger partial charge in [0.2, 0.25) is 0 Å². The number of carbonyl (C=O) groups is 1. The molecule has 0 N–H and O–H groups in total. The molecule has 74 valence electrons. The van der Waals surface area contributed by atoms with Gasteiger partial charge in [-0.2, -0.15) is 0 Å². The summed E-state index contributed by atoms with van der Waals surface area (Å²) in [6, 6.07) is 3.85. The van der Waals surface area contributed by atoms with Crippen LogP contribution in [0.25, 0.3) is 0 Å². The Hall–Kier alpha value is -1.16. The Morgan fingerprint density at radius 1 is 1.50 bits per heavy atom. The van der Waals surface area contributed by atoms with E-state index in [1.54, 1.807) is 7.11 Å². The highest BCUT2D eigenvalue weighted by atomic mass is 32.2. The number of aryl methyl sites for hydroxylation is 1. The maximum Gasteiger partial charge on any atom is 0.321 e. The lowest BCUT2D eigenvalue weighted by molar-refractivity contribution is -0.131. The molecule has 1 aromatic carbocycles. The standard InChI is InChI=1S/C10H10O3S/c1-6-3-7(12-2)10-8(4-6)14-5-9(11)13-10/h3-4H,5H2,1-2H3. The van der Waals surface area contributed by atoms with E-state index in [4.69, 9.17) is 9.47 Å². The number of hydrogen-bond donors (Lipinski definition) is 0. The van der Waals surface area contributed by atoms with Crippen LogP contribution in [0.5, 0.6) is 11.5 Å². The smallest absolute Gasteiger partial charge is 0.321 e. The fourth-order valence-corrected chi connectivity index (χ4v) is 2.22. The van der Waals surface area contributed by atoms with Gasteiger partial charge in [-0.15, -0.1) is 11.8 Å². The SMILES string of the molecule is COc1cc(C)cc2c1OC(=O)CS2. The van der Waals surface area contributed by atoms with Crippen molar-refractivity contribution in [1.29, 1.82) is 0 Å². The summed E-state index contributed by atoms with van der Waals surface area (Å²) in [6.45, 7) is 1.99. The summed E-state index contributed by atoms with van der Waals surface area (Å²) in [5.74, 6) is 1.34. The molecular weight excluding hydrogens is 200 g/mol. The second-order valence-corrected chi connectivity index (χ2v) is 4.07. The molecule has 3 nitrogen and oxygen atoms in total. The van der Waals surface area contributed by atoms with E-state index in [9.17, 15) is 4.79 Å². The molecule has 0 amide bonds. The fraction of sp³-hybridized carbons (Fsp3) is 0.300. The third-order valence-electron chi connectivity index (χ3n) is 1.95. The number of hydrogen-bond acceptors (Lipinski definition) is 4. The lowest BCUT2D eigenvalue weighted by Crippen LogP contribution is -2.16. The van der Waals surface area contributed by atoms with Crippen molar-refractivity contribution < 1.29 is 14.3 Å². The lowest BCUT2D eigenvalue weighted by Gasteiger charge is -2.18. The van der Waals surface area contributed by atoms with Crippen LogP contribution < -0.4 is 9.47 Å². The van der Waals surface area contributed by atoms with Crippen LogP contribution in [-0.4, -0.2) is 18.8 Å². The molecule has 0 spiro atoms. The summed E-state index contributed by atoms with van der Waals surface area (Å²) in [5, 5.41) is 0. The Morgan fingerprint density at radius 2 is 2.29 bits per heavy atom. The van der Waals surface area contributed by atoms with Crippen molar-refractivity contribution in [3.8, 4) is 11.5 Å². The number of esters is 1. The highest BCUT2D eigenvalue weighted by Crippen LogP contribution is 2.41. The molecule has 0 aromatic heterocycles. The van der Waals surface area contributed by atoms with Crippen LogP contribution in [0.15, 0.2) is 17.0 Å². The van der Waals surface area contributed by atoms with Crippen LogP contribution >= 0.6 is 11.8 Å². The van der Waals surface area contributed by atoms with Gasteiger partial charge in [0.05, 0.1) is 17.8 Å². The van der Waals surface area contributed by atoms with E-state index in [1.165, 1.54) is 11.8 Å². The van der Waals surface area contributed by atoms with Crippen LogP contribution in [-0.2, 0) is 4.79 Å². The maximum atomic E-state index is 11.1. The van der Waals surface area contributed by atoms with Crippen LogP contribution in [0.4, 0.5) is 0 Å². The molecular formula is C10H10O3S. The van der Waals surface area contributed by atoms with Crippen molar-refractivity contribution in [3.05, 3.63) is 17.7 Å². The number of fused-ring (bicyclic) bond motifs is 1. The Kier molecular flexibility index (Phi) is 2.37. The second-order valence-electron chi connectivity index (χ2n) is 3.06. The van der Waals surface area contributed by atoms with Crippen LogP contribution in [0.1, 0.15) is 5.56 Å². The number of carbonyl (C=O) groups excluding carboxylic acids is 1. The monoisotopic (exact) mass is 210 g/mol. The molecule has 0 saturated heterocycles. The molecule has 0 saturated carbocycles. The Morgan fingerprint density at radius 3 is 3.00 bits per heavy atom. The first kappa shape index (κ1) is 9.40. The van der Waals surface area contributed by atoms with E-state index < -0.39 is 0 Å². The highest BCUT2D eigenvalue weighted by Gasteiger charge is 2.21. The van der Waals surface area contributed by atoms with Crippen LogP contribution in [0.2, 0.25) is 0 Å². The average molecular weight is 210 g/mol. The zero-order chi connectivity index (χ0) is 10.1. The first-order chi connectivity index (χ1) is 6.70. The summed E-state index contributed by atoms with van der Waals surface area (Å²) in [5.41, 5.74) is 1.10. The summed E-state index contributed by atoms with van der Waals surface area (Å²) in [7, 11) is 1.57. The molecule has 4 heteroatoms. The lowest BCUT2D eigenvalue weighted by atomic mass is 10.2. The molecule has 1 heterocycles. The summed E-state index contributed by atoms with van der Waals surface area (Å²) >= 11 is 1.49. The Balaban J connectivity index is 2.52. The Labute approximate surface area is 86.4 Å². The minimum Gasteiger partial charge on any atom is -0.493 e. The van der Waals surface area contributed by atoms with Crippen LogP contribution in [0.3, 0.4) is 0 Å². The number of methoxy groups -OCH3 is 1. The maximum absolute atomic E-state index is 11.1. The van der Waals surface area contributed by atoms with Crippen molar-refractivity contribution >= 4 is 17.7 Å². The third kappa shape index (κ3) is 1.57. The fourth-order valence-electron chi connectivity index (χ4n) is 1.35. The summed E-state index contributed by atoms with van der Waals surface area (Å²) in [6.07, 6.45) is 0. The molecule has 2 rings (SSSR count). The van der Waals surface area contributed by atoms with E-state index in [-0.39, 0.29) is 5.97 Å². The number of ether oxygens (including phenoxy) is 2. The quantitative estimate of drug-likeness (QED) is 0.524. The van der Waals surface area contributed by atoms with Gasteiger partial charge in [-0.3, -0.25) is 4.79 Å². The molecule has 14 heavy (non-hydrogen) atoms. The molecule has 0 radical (unpaired) electrons. The van der Waals surface area contributed by atoms with Gasteiger partial charge < -0.3 is 9.47 Å². The van der Waals surface area contributed by atoms with Gasteiger partial charge in [0.1, 0.15) is 0 Å².